The van der Waals surface area contributed by atoms with Gasteiger partial charge in [-0.05, 0) is 49.9 Å². The molecular formula is C32H40FN3O4S. The Morgan fingerprint density at radius 2 is 1.61 bits per heavy atom. The molecule has 0 heterocycles. The Bertz CT molecular complexity index is 1420. The molecule has 0 aromatic heterocycles. The van der Waals surface area contributed by atoms with Gasteiger partial charge in [0.25, 0.3) is 0 Å². The minimum Gasteiger partial charge on any atom is -0.352 e. The van der Waals surface area contributed by atoms with Crippen molar-refractivity contribution in [3.63, 3.8) is 0 Å². The molecule has 1 N–H and O–H groups in total. The average molecular weight is 582 g/mol. The summed E-state index contributed by atoms with van der Waals surface area (Å²) in [5.41, 5.74) is 2.78. The summed E-state index contributed by atoms with van der Waals surface area (Å²) in [7, 11) is -3.79. The van der Waals surface area contributed by atoms with Gasteiger partial charge in [-0.15, -0.1) is 0 Å². The van der Waals surface area contributed by atoms with Gasteiger partial charge in [-0.1, -0.05) is 79.2 Å². The number of halogens is 1. The second kappa shape index (κ2) is 14.8. The van der Waals surface area contributed by atoms with Crippen LogP contribution < -0.4 is 9.62 Å². The fraction of sp³-hybridized carbons (Fsp3) is 0.375. The highest BCUT2D eigenvalue weighted by molar-refractivity contribution is 7.92. The number of nitrogens with one attached hydrogen (secondary N) is 1. The topological polar surface area (TPSA) is 86.8 Å². The normalized spacial score (nSPS) is 12.8. The number of carbonyl (C=O) groups is 2. The van der Waals surface area contributed by atoms with E-state index < -0.39 is 21.9 Å². The molecular weight excluding hydrogens is 541 g/mol. The molecule has 0 unspecified atom stereocenters. The molecule has 0 aliphatic carbocycles. The Balaban J connectivity index is 1.90. The maximum Gasteiger partial charge on any atom is 0.243 e. The van der Waals surface area contributed by atoms with E-state index in [0.29, 0.717) is 6.42 Å². The molecule has 0 spiro atoms. The summed E-state index contributed by atoms with van der Waals surface area (Å²) >= 11 is 0. The van der Waals surface area contributed by atoms with Crippen LogP contribution in [0.15, 0.2) is 78.9 Å². The van der Waals surface area contributed by atoms with E-state index in [1.807, 2.05) is 75.4 Å². The van der Waals surface area contributed by atoms with E-state index in [1.54, 1.807) is 11.0 Å². The first-order valence-electron chi connectivity index (χ1n) is 13.9. The quantitative estimate of drug-likeness (QED) is 0.282. The summed E-state index contributed by atoms with van der Waals surface area (Å²) in [4.78, 5) is 29.1. The van der Waals surface area contributed by atoms with Crippen LogP contribution in [0.5, 0.6) is 0 Å². The highest BCUT2D eigenvalue weighted by Gasteiger charge is 2.31. The highest BCUT2D eigenvalue weighted by atomic mass is 32.2. The molecule has 3 rings (SSSR count). The molecule has 220 valence electrons. The Labute approximate surface area is 243 Å². The first kappa shape index (κ1) is 31.8. The minimum atomic E-state index is -3.79. The summed E-state index contributed by atoms with van der Waals surface area (Å²) < 4.78 is 40.5. The van der Waals surface area contributed by atoms with Gasteiger partial charge < -0.3 is 10.2 Å². The van der Waals surface area contributed by atoms with Crippen molar-refractivity contribution in [1.29, 1.82) is 0 Å². The summed E-state index contributed by atoms with van der Waals surface area (Å²) in [6.07, 6.45) is 2.21. The predicted octanol–water partition coefficient (Wildman–Crippen LogP) is 5.24. The van der Waals surface area contributed by atoms with Crippen LogP contribution in [0.25, 0.3) is 0 Å². The third-order valence-electron chi connectivity index (χ3n) is 6.98. The van der Waals surface area contributed by atoms with Crippen LogP contribution >= 0.6 is 0 Å². The summed E-state index contributed by atoms with van der Waals surface area (Å²) in [6.45, 7) is 6.01. The molecule has 9 heteroatoms. The van der Waals surface area contributed by atoms with Crippen molar-refractivity contribution >= 4 is 27.5 Å². The van der Waals surface area contributed by atoms with Gasteiger partial charge in [-0.3, -0.25) is 13.9 Å². The molecule has 2 amide bonds. The van der Waals surface area contributed by atoms with Crippen molar-refractivity contribution in [2.45, 2.75) is 65.1 Å². The fourth-order valence-electron chi connectivity index (χ4n) is 4.64. The first-order valence-corrected chi connectivity index (χ1v) is 15.8. The molecule has 0 bridgehead atoms. The van der Waals surface area contributed by atoms with Crippen molar-refractivity contribution in [1.82, 2.24) is 10.2 Å². The lowest BCUT2D eigenvalue weighted by Crippen LogP contribution is -2.52. The van der Waals surface area contributed by atoms with Crippen LogP contribution in [0.1, 0.15) is 49.8 Å². The van der Waals surface area contributed by atoms with Gasteiger partial charge in [-0.25, -0.2) is 12.8 Å². The number of para-hydroxylation sites is 1. The molecule has 0 fully saturated rings. The van der Waals surface area contributed by atoms with E-state index in [-0.39, 0.29) is 49.5 Å². The van der Waals surface area contributed by atoms with E-state index in [9.17, 15) is 22.4 Å². The monoisotopic (exact) mass is 581 g/mol. The molecule has 41 heavy (non-hydrogen) atoms. The molecule has 0 saturated heterocycles. The zero-order valence-corrected chi connectivity index (χ0v) is 25.0. The number of nitrogens with zero attached hydrogens (tertiary/aromatic N) is 2. The van der Waals surface area contributed by atoms with E-state index in [2.05, 4.69) is 5.32 Å². The number of rotatable bonds is 14. The van der Waals surface area contributed by atoms with Gasteiger partial charge in [0.1, 0.15) is 11.9 Å². The van der Waals surface area contributed by atoms with Gasteiger partial charge in [0.15, 0.2) is 0 Å². The minimum absolute atomic E-state index is 0.0197. The maximum absolute atomic E-state index is 14.5. The second-order valence-electron chi connectivity index (χ2n) is 10.4. The molecule has 3 aromatic carbocycles. The first-order chi connectivity index (χ1) is 19.5. The van der Waals surface area contributed by atoms with Gasteiger partial charge in [0, 0.05) is 32.0 Å². The van der Waals surface area contributed by atoms with Gasteiger partial charge in [0.05, 0.1) is 11.9 Å². The molecule has 2 atom stereocenters. The number of benzene rings is 3. The summed E-state index contributed by atoms with van der Waals surface area (Å²) in [6, 6.07) is 22.1. The van der Waals surface area contributed by atoms with Crippen LogP contribution in [-0.4, -0.2) is 50.0 Å². The molecule has 0 radical (unpaired) electrons. The number of carbonyl (C=O) groups excluding carboxylic acids is 2. The van der Waals surface area contributed by atoms with E-state index in [0.717, 1.165) is 33.7 Å². The zero-order valence-electron chi connectivity index (χ0n) is 24.2. The SMILES string of the molecule is CC[C@H](C)NC(=O)[C@@H](Cc1ccccc1)N(Cc1cccc(C)c1)C(=O)CCCN(c1ccccc1F)S(C)(=O)=O. The van der Waals surface area contributed by atoms with Gasteiger partial charge in [0.2, 0.25) is 21.8 Å². The third-order valence-corrected chi connectivity index (χ3v) is 8.16. The van der Waals surface area contributed by atoms with Gasteiger partial charge >= 0.3 is 0 Å². The number of hydrogen-bond acceptors (Lipinski definition) is 4. The maximum atomic E-state index is 14.5. The highest BCUT2D eigenvalue weighted by Crippen LogP contribution is 2.23. The van der Waals surface area contributed by atoms with Crippen LogP contribution in [0.4, 0.5) is 10.1 Å². The van der Waals surface area contributed by atoms with Crippen molar-refractivity contribution < 1.29 is 22.4 Å². The smallest absolute Gasteiger partial charge is 0.243 e. The van der Waals surface area contributed by atoms with Crippen molar-refractivity contribution in [3.05, 3.63) is 101 Å². The van der Waals surface area contributed by atoms with Crippen molar-refractivity contribution in [3.8, 4) is 0 Å². The largest absolute Gasteiger partial charge is 0.352 e. The Kier molecular flexibility index (Phi) is 11.5. The van der Waals surface area contributed by atoms with Crippen molar-refractivity contribution in [2.75, 3.05) is 17.1 Å². The summed E-state index contributed by atoms with van der Waals surface area (Å²) in [5.74, 6) is -1.18. The molecule has 0 aliphatic heterocycles. The number of anilines is 1. The fourth-order valence-corrected chi connectivity index (χ4v) is 5.60. The lowest BCUT2D eigenvalue weighted by molar-refractivity contribution is -0.141. The Hall–Kier alpha value is -3.72. The van der Waals surface area contributed by atoms with Crippen LogP contribution in [0.2, 0.25) is 0 Å². The lowest BCUT2D eigenvalue weighted by Gasteiger charge is -2.33. The standard InChI is InChI=1S/C32H40FN3O4S/c1-5-25(3)34-32(38)30(22-26-14-7-6-8-15-26)35(23-27-16-11-13-24(2)21-27)31(37)19-12-20-36(41(4,39)40)29-18-10-9-17-28(29)33/h6-11,13-18,21,25,30H,5,12,19-20,22-23H2,1-4H3,(H,34,38)/t25-,30+/m0/s1. The number of sulfonamides is 1. The number of amides is 2. The molecule has 0 aliphatic rings. The van der Waals surface area contributed by atoms with Crippen LogP contribution in [0.3, 0.4) is 0 Å². The zero-order chi connectivity index (χ0) is 30.0. The molecule has 3 aromatic rings. The average Bonchev–Trinajstić information content (AvgIpc) is 2.93. The van der Waals surface area contributed by atoms with Crippen LogP contribution in [-0.2, 0) is 32.6 Å². The molecule has 7 nitrogen and oxygen atoms in total. The third kappa shape index (κ3) is 9.42. The predicted molar refractivity (Wildman–Crippen MR) is 161 cm³/mol. The van der Waals surface area contributed by atoms with Crippen LogP contribution in [0, 0.1) is 12.7 Å². The number of aryl methyl sites for hydroxylation is 1. The van der Waals surface area contributed by atoms with Gasteiger partial charge in [-0.2, -0.15) is 0 Å². The Morgan fingerprint density at radius 3 is 2.24 bits per heavy atom. The van der Waals surface area contributed by atoms with E-state index >= 15 is 0 Å². The van der Waals surface area contributed by atoms with E-state index in [1.165, 1.54) is 18.2 Å². The number of hydrogen-bond donors (Lipinski definition) is 1. The lowest BCUT2D eigenvalue weighted by atomic mass is 10.0. The van der Waals surface area contributed by atoms with E-state index in [4.69, 9.17) is 0 Å². The summed E-state index contributed by atoms with van der Waals surface area (Å²) in [5, 5.41) is 3.04. The molecule has 0 saturated carbocycles. The Morgan fingerprint density at radius 1 is 0.951 bits per heavy atom. The van der Waals surface area contributed by atoms with Crippen molar-refractivity contribution in [2.24, 2.45) is 0 Å². The second-order valence-corrected chi connectivity index (χ2v) is 12.3.